The molecular weight excluding hydrogens is 152 g/mol. The average Bonchev–Trinajstić information content (AvgIpc) is 2.60. The van der Waals surface area contributed by atoms with Crippen LogP contribution in [0.5, 0.6) is 0 Å². The van der Waals surface area contributed by atoms with E-state index in [1.807, 2.05) is 0 Å². The molecule has 12 heavy (non-hydrogen) atoms. The number of fused-ring (bicyclic) bond motifs is 2. The number of rotatable bonds is 2. The van der Waals surface area contributed by atoms with Gasteiger partial charge < -0.3 is 4.74 Å². The predicted octanol–water partition coefficient (Wildman–Crippen LogP) is 1.76. The minimum absolute atomic E-state index is 0.151. The third-order valence-corrected chi connectivity index (χ3v) is 2.92. The summed E-state index contributed by atoms with van der Waals surface area (Å²) >= 11 is 0. The minimum atomic E-state index is -0.151. The van der Waals surface area contributed by atoms with Crippen molar-refractivity contribution < 1.29 is 9.53 Å². The van der Waals surface area contributed by atoms with Crippen LogP contribution in [0.3, 0.4) is 0 Å². The Hall–Kier alpha value is -0.790. The van der Waals surface area contributed by atoms with Gasteiger partial charge in [0.15, 0.2) is 0 Å². The molecule has 0 aromatic rings. The van der Waals surface area contributed by atoms with Crippen molar-refractivity contribution in [1.82, 2.24) is 0 Å². The van der Waals surface area contributed by atoms with Crippen molar-refractivity contribution in [2.45, 2.75) is 19.8 Å². The molecule has 0 aromatic heterocycles. The molecule has 2 heteroatoms. The Labute approximate surface area is 72.6 Å². The van der Waals surface area contributed by atoms with E-state index in [1.165, 1.54) is 19.8 Å². The van der Waals surface area contributed by atoms with Gasteiger partial charge in [0.1, 0.15) is 0 Å². The fourth-order valence-electron chi connectivity index (χ4n) is 2.31. The lowest BCUT2D eigenvalue weighted by Gasteiger charge is -2.16. The molecule has 0 heterocycles. The van der Waals surface area contributed by atoms with Gasteiger partial charge in [0.25, 0.3) is 0 Å². The molecule has 0 unspecified atom stereocenters. The average molecular weight is 166 g/mol. The lowest BCUT2D eigenvalue weighted by atomic mass is 9.95. The van der Waals surface area contributed by atoms with E-state index in [9.17, 15) is 4.79 Å². The van der Waals surface area contributed by atoms with Crippen LogP contribution in [-0.2, 0) is 9.53 Å². The van der Waals surface area contributed by atoms with Crippen molar-refractivity contribution in [3.8, 4) is 0 Å². The molecule has 0 aliphatic heterocycles. The first kappa shape index (κ1) is 7.84. The Kier molecular flexibility index (Phi) is 1.91. The number of carbonyl (C=O) groups is 1. The normalized spacial score (nSPS) is 37.2. The molecule has 0 aromatic carbocycles. The van der Waals surface area contributed by atoms with Gasteiger partial charge in [-0.25, -0.2) is 0 Å². The summed E-state index contributed by atoms with van der Waals surface area (Å²) in [6.07, 6.45) is 7.08. The first-order valence-corrected chi connectivity index (χ1v) is 4.57. The molecule has 2 bridgehead atoms. The summed E-state index contributed by atoms with van der Waals surface area (Å²) in [4.78, 5) is 10.6. The summed E-state index contributed by atoms with van der Waals surface area (Å²) < 4.78 is 5.01. The lowest BCUT2D eigenvalue weighted by Crippen LogP contribution is -2.16. The first-order valence-electron chi connectivity index (χ1n) is 4.57. The zero-order chi connectivity index (χ0) is 8.55. The highest BCUT2D eigenvalue weighted by Gasteiger charge is 2.35. The molecule has 2 rings (SSSR count). The second-order valence-corrected chi connectivity index (χ2v) is 3.84. The number of hydrogen-bond acceptors (Lipinski definition) is 2. The molecule has 2 aliphatic rings. The van der Waals surface area contributed by atoms with Gasteiger partial charge in [-0.1, -0.05) is 12.2 Å². The Morgan fingerprint density at radius 2 is 2.33 bits per heavy atom. The van der Waals surface area contributed by atoms with E-state index in [2.05, 4.69) is 12.2 Å². The van der Waals surface area contributed by atoms with Crippen molar-refractivity contribution in [3.63, 3.8) is 0 Å². The van der Waals surface area contributed by atoms with E-state index in [0.717, 1.165) is 5.92 Å². The highest BCUT2D eigenvalue weighted by atomic mass is 16.5. The van der Waals surface area contributed by atoms with Gasteiger partial charge in [0.2, 0.25) is 0 Å². The molecule has 1 fully saturated rings. The van der Waals surface area contributed by atoms with Crippen molar-refractivity contribution in [3.05, 3.63) is 12.2 Å². The van der Waals surface area contributed by atoms with E-state index < -0.39 is 0 Å². The van der Waals surface area contributed by atoms with Gasteiger partial charge >= 0.3 is 5.97 Å². The van der Waals surface area contributed by atoms with Gasteiger partial charge in [-0.15, -0.1) is 0 Å². The third kappa shape index (κ3) is 1.38. The maximum atomic E-state index is 10.6. The lowest BCUT2D eigenvalue weighted by molar-refractivity contribution is -0.142. The van der Waals surface area contributed by atoms with E-state index in [0.29, 0.717) is 18.4 Å². The topological polar surface area (TPSA) is 26.3 Å². The molecule has 3 atom stereocenters. The van der Waals surface area contributed by atoms with E-state index in [-0.39, 0.29) is 5.97 Å². The summed E-state index contributed by atoms with van der Waals surface area (Å²) in [5, 5.41) is 0. The first-order chi connectivity index (χ1) is 5.75. The summed E-state index contributed by atoms with van der Waals surface area (Å²) in [5.41, 5.74) is 0. The standard InChI is InChI=1S/C10H14O2/c1-7(11)12-6-10-5-8-2-3-9(10)4-8/h2-3,8-10H,4-6H2,1H3/t8-,9+,10-/m1/s1. The molecule has 0 radical (unpaired) electrons. The number of allylic oxidation sites excluding steroid dienone is 2. The fraction of sp³-hybridized carbons (Fsp3) is 0.700. The van der Waals surface area contributed by atoms with Gasteiger partial charge in [0, 0.05) is 6.92 Å². The van der Waals surface area contributed by atoms with Crippen LogP contribution in [0.1, 0.15) is 19.8 Å². The Morgan fingerprint density at radius 3 is 2.83 bits per heavy atom. The van der Waals surface area contributed by atoms with Crippen molar-refractivity contribution in [2.24, 2.45) is 17.8 Å². The molecule has 0 amide bonds. The summed E-state index contributed by atoms with van der Waals surface area (Å²) in [7, 11) is 0. The smallest absolute Gasteiger partial charge is 0.302 e. The zero-order valence-electron chi connectivity index (χ0n) is 7.32. The van der Waals surface area contributed by atoms with Crippen molar-refractivity contribution >= 4 is 5.97 Å². The second kappa shape index (κ2) is 2.92. The largest absolute Gasteiger partial charge is 0.466 e. The molecule has 0 spiro atoms. The van der Waals surface area contributed by atoms with Crippen LogP contribution >= 0.6 is 0 Å². The van der Waals surface area contributed by atoms with Crippen LogP contribution in [0.25, 0.3) is 0 Å². The predicted molar refractivity (Wildman–Crippen MR) is 45.5 cm³/mol. The molecule has 2 nitrogen and oxygen atoms in total. The quantitative estimate of drug-likeness (QED) is 0.461. The Balaban J connectivity index is 1.83. The second-order valence-electron chi connectivity index (χ2n) is 3.84. The monoisotopic (exact) mass is 166 g/mol. The van der Waals surface area contributed by atoms with Crippen LogP contribution in [0, 0.1) is 17.8 Å². The number of carbonyl (C=O) groups excluding carboxylic acids is 1. The molecule has 0 N–H and O–H groups in total. The van der Waals surface area contributed by atoms with Gasteiger partial charge in [0.05, 0.1) is 6.61 Å². The maximum Gasteiger partial charge on any atom is 0.302 e. The molecule has 66 valence electrons. The van der Waals surface area contributed by atoms with Gasteiger partial charge in [-0.2, -0.15) is 0 Å². The Bertz CT molecular complexity index is 220. The van der Waals surface area contributed by atoms with Gasteiger partial charge in [-0.3, -0.25) is 4.79 Å². The van der Waals surface area contributed by atoms with E-state index >= 15 is 0 Å². The van der Waals surface area contributed by atoms with Gasteiger partial charge in [-0.05, 0) is 30.6 Å². The molecular formula is C10H14O2. The molecule has 2 aliphatic carbocycles. The van der Waals surface area contributed by atoms with Crippen LogP contribution in [-0.4, -0.2) is 12.6 Å². The van der Waals surface area contributed by atoms with E-state index in [1.54, 1.807) is 0 Å². The van der Waals surface area contributed by atoms with Crippen LogP contribution in [0.2, 0.25) is 0 Å². The summed E-state index contributed by atoms with van der Waals surface area (Å²) in [6.45, 7) is 2.10. The van der Waals surface area contributed by atoms with Crippen LogP contribution in [0.4, 0.5) is 0 Å². The van der Waals surface area contributed by atoms with Crippen LogP contribution in [0.15, 0.2) is 12.2 Å². The highest BCUT2D eigenvalue weighted by molar-refractivity contribution is 5.65. The van der Waals surface area contributed by atoms with E-state index in [4.69, 9.17) is 4.74 Å². The van der Waals surface area contributed by atoms with Crippen molar-refractivity contribution in [1.29, 1.82) is 0 Å². The SMILES string of the molecule is CC(=O)OC[C@H]1C[C@@H]2C=C[C@H]1C2. The molecule has 0 saturated heterocycles. The zero-order valence-corrected chi connectivity index (χ0v) is 7.32. The number of ether oxygens (including phenoxy) is 1. The summed E-state index contributed by atoms with van der Waals surface area (Å²) in [5.74, 6) is 1.91. The highest BCUT2D eigenvalue weighted by Crippen LogP contribution is 2.43. The maximum absolute atomic E-state index is 10.6. The minimum Gasteiger partial charge on any atom is -0.466 e. The number of hydrogen-bond donors (Lipinski definition) is 0. The summed E-state index contributed by atoms with van der Waals surface area (Å²) in [6, 6.07) is 0. The number of esters is 1. The fourth-order valence-corrected chi connectivity index (χ4v) is 2.31. The third-order valence-electron chi connectivity index (χ3n) is 2.92. The van der Waals surface area contributed by atoms with Crippen LogP contribution < -0.4 is 0 Å². The molecule has 1 saturated carbocycles. The van der Waals surface area contributed by atoms with Crippen molar-refractivity contribution in [2.75, 3.05) is 6.61 Å². The Morgan fingerprint density at radius 1 is 1.50 bits per heavy atom.